The number of benzene rings is 2. The molecule has 0 unspecified atom stereocenters. The lowest BCUT2D eigenvalue weighted by atomic mass is 10.3. The summed E-state index contributed by atoms with van der Waals surface area (Å²) in [4.78, 5) is 33.5. The van der Waals surface area contributed by atoms with Gasteiger partial charge in [-0.05, 0) is 36.4 Å². The normalized spacial score (nSPS) is 12.2. The van der Waals surface area contributed by atoms with Crippen molar-refractivity contribution >= 4 is 96.6 Å². The molecular weight excluding hydrogens is 577 g/mol. The van der Waals surface area contributed by atoms with Crippen molar-refractivity contribution in [2.45, 2.75) is 22.6 Å². The highest BCUT2D eigenvalue weighted by atomic mass is 32.2. The number of fused-ring (bicyclic) bond motifs is 2. The highest BCUT2D eigenvalue weighted by Crippen LogP contribution is 2.29. The average molecular weight is 599 g/mol. The molecule has 0 bridgehead atoms. The molecule has 2 amide bonds. The molecule has 37 heavy (non-hydrogen) atoms. The van der Waals surface area contributed by atoms with Crippen molar-refractivity contribution in [3.8, 4) is 0 Å². The molecule has 0 saturated carbocycles. The number of hydrogen-bond acceptors (Lipinski definition) is 11. The molecule has 2 heterocycles. The number of aromatic nitrogens is 2. The first-order valence-electron chi connectivity index (χ1n) is 10.8. The number of anilines is 2. The number of thiazole rings is 2. The Bertz CT molecular complexity index is 1580. The first kappa shape index (κ1) is 27.4. The van der Waals surface area contributed by atoms with Crippen LogP contribution in [-0.2, 0) is 29.3 Å². The molecule has 4 aromatic rings. The molecule has 15 heteroatoms. The summed E-state index contributed by atoms with van der Waals surface area (Å²) in [6, 6.07) is 9.28. The Balaban J connectivity index is 1.20. The molecule has 2 N–H and O–H groups in total. The second-order valence-electron chi connectivity index (χ2n) is 8.05. The Labute approximate surface area is 225 Å². The van der Waals surface area contributed by atoms with Crippen LogP contribution >= 0.6 is 34.4 Å². The number of hydrogen-bond donors (Lipinski definition) is 2. The SMILES string of the molecule is CS(=O)(=O)c1ccc2nc(NC(=O)CCSCCC(=O)Nc3nc4ccc(S(C)(=O)=O)cc4s3)sc2c1. The number of carbonyl (C=O) groups is 2. The van der Waals surface area contributed by atoms with Gasteiger partial charge in [-0.1, -0.05) is 22.7 Å². The van der Waals surface area contributed by atoms with E-state index in [9.17, 15) is 26.4 Å². The Kier molecular flexibility index (Phi) is 8.18. The van der Waals surface area contributed by atoms with Crippen molar-refractivity contribution in [3.63, 3.8) is 0 Å². The Hall–Kier alpha value is -2.59. The van der Waals surface area contributed by atoms with Crippen molar-refractivity contribution in [2.24, 2.45) is 0 Å². The molecule has 2 aromatic carbocycles. The van der Waals surface area contributed by atoms with E-state index in [0.29, 0.717) is 42.2 Å². The Morgan fingerprint density at radius 2 is 1.16 bits per heavy atom. The zero-order valence-corrected chi connectivity index (χ0v) is 23.8. The van der Waals surface area contributed by atoms with E-state index in [1.807, 2.05) is 0 Å². The minimum absolute atomic E-state index is 0.200. The van der Waals surface area contributed by atoms with Crippen molar-refractivity contribution in [3.05, 3.63) is 36.4 Å². The van der Waals surface area contributed by atoms with Gasteiger partial charge in [0.2, 0.25) is 11.8 Å². The van der Waals surface area contributed by atoms with Crippen molar-refractivity contribution in [1.82, 2.24) is 9.97 Å². The van der Waals surface area contributed by atoms with E-state index in [1.165, 1.54) is 46.6 Å². The minimum Gasteiger partial charge on any atom is -0.302 e. The minimum atomic E-state index is -3.33. The van der Waals surface area contributed by atoms with Crippen molar-refractivity contribution < 1.29 is 26.4 Å². The third-order valence-electron chi connectivity index (χ3n) is 5.02. The van der Waals surface area contributed by atoms with E-state index in [-0.39, 0.29) is 34.4 Å². The predicted molar refractivity (Wildman–Crippen MR) is 149 cm³/mol. The molecule has 196 valence electrons. The van der Waals surface area contributed by atoms with Crippen LogP contribution in [0.3, 0.4) is 0 Å². The average Bonchev–Trinajstić information content (AvgIpc) is 3.38. The monoisotopic (exact) mass is 598 g/mol. The van der Waals surface area contributed by atoms with E-state index in [1.54, 1.807) is 24.3 Å². The van der Waals surface area contributed by atoms with Crippen LogP contribution in [0.15, 0.2) is 46.2 Å². The van der Waals surface area contributed by atoms with Crippen LogP contribution in [0.1, 0.15) is 12.8 Å². The van der Waals surface area contributed by atoms with Gasteiger partial charge in [-0.15, -0.1) is 0 Å². The largest absolute Gasteiger partial charge is 0.302 e. The van der Waals surface area contributed by atoms with Gasteiger partial charge in [-0.3, -0.25) is 9.59 Å². The summed E-state index contributed by atoms with van der Waals surface area (Å²) >= 11 is 3.87. The molecule has 0 radical (unpaired) electrons. The first-order valence-corrected chi connectivity index (χ1v) is 17.3. The molecule has 0 fully saturated rings. The molecule has 4 rings (SSSR count). The van der Waals surface area contributed by atoms with Crippen LogP contribution in [0, 0.1) is 0 Å². The number of nitrogens with zero attached hydrogens (tertiary/aromatic N) is 2. The van der Waals surface area contributed by atoms with E-state index >= 15 is 0 Å². The maximum absolute atomic E-state index is 12.2. The number of rotatable bonds is 10. The Morgan fingerprint density at radius 3 is 1.54 bits per heavy atom. The van der Waals surface area contributed by atoms with Gasteiger partial charge in [0.1, 0.15) is 0 Å². The van der Waals surface area contributed by atoms with E-state index in [2.05, 4.69) is 20.6 Å². The summed E-state index contributed by atoms with van der Waals surface area (Å²) in [5.41, 5.74) is 1.22. The standard InChI is InChI=1S/C22H22N4O6S5/c1-36(29,30)13-3-5-15-17(11-13)34-21(23-15)25-19(27)7-9-33-10-8-20(28)26-22-24-16-6-4-14(37(2,31)32)12-18(16)35-22/h3-6,11-12H,7-10H2,1-2H3,(H,23,25,27)(H,24,26,28). The second-order valence-corrected chi connectivity index (χ2v) is 15.4. The quantitative estimate of drug-likeness (QED) is 0.260. The number of amides is 2. The summed E-state index contributed by atoms with van der Waals surface area (Å²) in [6.45, 7) is 0. The van der Waals surface area contributed by atoms with Crippen LogP contribution in [0.4, 0.5) is 10.3 Å². The van der Waals surface area contributed by atoms with E-state index < -0.39 is 19.7 Å². The topological polar surface area (TPSA) is 152 Å². The fraction of sp³-hybridized carbons (Fsp3) is 0.273. The maximum Gasteiger partial charge on any atom is 0.226 e. The zero-order valence-electron chi connectivity index (χ0n) is 19.7. The van der Waals surface area contributed by atoms with Crippen LogP contribution in [0.5, 0.6) is 0 Å². The van der Waals surface area contributed by atoms with Gasteiger partial charge in [-0.2, -0.15) is 11.8 Å². The number of nitrogens with one attached hydrogen (secondary N) is 2. The summed E-state index contributed by atoms with van der Waals surface area (Å²) in [5.74, 6) is 0.583. The predicted octanol–water partition coefficient (Wildman–Crippen LogP) is 3.80. The number of thioether (sulfide) groups is 1. The molecule has 0 atom stereocenters. The molecule has 0 aliphatic carbocycles. The van der Waals surface area contributed by atoms with Gasteiger partial charge in [0.25, 0.3) is 0 Å². The maximum atomic E-state index is 12.2. The summed E-state index contributed by atoms with van der Waals surface area (Å²) in [5, 5.41) is 6.25. The van der Waals surface area contributed by atoms with Gasteiger partial charge in [0.05, 0.1) is 30.2 Å². The van der Waals surface area contributed by atoms with Crippen molar-refractivity contribution in [1.29, 1.82) is 0 Å². The molecule has 2 aromatic heterocycles. The summed E-state index contributed by atoms with van der Waals surface area (Å²) < 4.78 is 48.2. The van der Waals surface area contributed by atoms with Gasteiger partial charge >= 0.3 is 0 Å². The smallest absolute Gasteiger partial charge is 0.226 e. The van der Waals surface area contributed by atoms with Crippen molar-refractivity contribution in [2.75, 3.05) is 34.7 Å². The van der Waals surface area contributed by atoms with Gasteiger partial charge in [0, 0.05) is 36.9 Å². The first-order chi connectivity index (χ1) is 17.4. The second kappa shape index (κ2) is 11.0. The zero-order chi connectivity index (χ0) is 26.8. The lowest BCUT2D eigenvalue weighted by Crippen LogP contribution is -2.13. The number of sulfone groups is 2. The van der Waals surface area contributed by atoms with Crippen LogP contribution in [-0.4, -0.2) is 62.6 Å². The van der Waals surface area contributed by atoms with Gasteiger partial charge < -0.3 is 10.6 Å². The van der Waals surface area contributed by atoms with Gasteiger partial charge in [-0.25, -0.2) is 26.8 Å². The third kappa shape index (κ3) is 7.25. The van der Waals surface area contributed by atoms with Gasteiger partial charge in [0.15, 0.2) is 29.9 Å². The molecule has 0 saturated heterocycles. The number of carbonyl (C=O) groups excluding carboxylic acids is 2. The molecule has 0 spiro atoms. The molecule has 10 nitrogen and oxygen atoms in total. The molecular formula is C22H22N4O6S5. The van der Waals surface area contributed by atoms with Crippen LogP contribution in [0.2, 0.25) is 0 Å². The fourth-order valence-electron chi connectivity index (χ4n) is 3.17. The lowest BCUT2D eigenvalue weighted by Gasteiger charge is -2.03. The third-order valence-corrected chi connectivity index (χ3v) is 10.1. The van der Waals surface area contributed by atoms with E-state index in [0.717, 1.165) is 12.5 Å². The van der Waals surface area contributed by atoms with Crippen LogP contribution in [0.25, 0.3) is 20.4 Å². The lowest BCUT2D eigenvalue weighted by molar-refractivity contribution is -0.116. The fourth-order valence-corrected chi connectivity index (χ4v) is 7.32. The van der Waals surface area contributed by atoms with Crippen LogP contribution < -0.4 is 10.6 Å². The van der Waals surface area contributed by atoms with E-state index in [4.69, 9.17) is 0 Å². The molecule has 0 aliphatic rings. The highest BCUT2D eigenvalue weighted by molar-refractivity contribution is 7.99. The summed E-state index contributed by atoms with van der Waals surface area (Å²) in [7, 11) is -6.65. The Morgan fingerprint density at radius 1 is 0.757 bits per heavy atom. The summed E-state index contributed by atoms with van der Waals surface area (Å²) in [6.07, 6.45) is 2.74. The molecule has 0 aliphatic heterocycles. The highest BCUT2D eigenvalue weighted by Gasteiger charge is 2.14.